The molecular formula is C16H20ClNS. The zero-order chi connectivity index (χ0) is 13.7. The van der Waals surface area contributed by atoms with Crippen molar-refractivity contribution < 1.29 is 0 Å². The summed E-state index contributed by atoms with van der Waals surface area (Å²) in [7, 11) is 0. The van der Waals surface area contributed by atoms with Crippen LogP contribution >= 0.6 is 22.9 Å². The van der Waals surface area contributed by atoms with Gasteiger partial charge in [0.1, 0.15) is 0 Å². The van der Waals surface area contributed by atoms with E-state index in [1.54, 1.807) is 11.3 Å². The van der Waals surface area contributed by atoms with Crippen molar-refractivity contribution in [3.63, 3.8) is 0 Å². The van der Waals surface area contributed by atoms with Crippen LogP contribution in [0.2, 0.25) is 4.34 Å². The molecule has 1 aromatic heterocycles. The van der Waals surface area contributed by atoms with Crippen LogP contribution in [-0.2, 0) is 6.54 Å². The van der Waals surface area contributed by atoms with E-state index in [1.807, 2.05) is 6.07 Å². The van der Waals surface area contributed by atoms with Gasteiger partial charge < -0.3 is 5.32 Å². The quantitative estimate of drug-likeness (QED) is 0.796. The highest BCUT2D eigenvalue weighted by Crippen LogP contribution is 2.24. The number of rotatable bonds is 6. The molecule has 1 nitrogen and oxygen atoms in total. The fraction of sp³-hybridized carbons (Fsp3) is 0.375. The second kappa shape index (κ2) is 7.09. The minimum Gasteiger partial charge on any atom is -0.311 e. The Morgan fingerprint density at radius 2 is 1.84 bits per heavy atom. The highest BCUT2D eigenvalue weighted by Gasteiger charge is 2.15. The average molecular weight is 294 g/mol. The molecule has 0 amide bonds. The molecule has 1 atom stereocenters. The second-order valence-electron chi connectivity index (χ2n) is 5.10. The van der Waals surface area contributed by atoms with Crippen LogP contribution in [0.5, 0.6) is 0 Å². The fourth-order valence-electron chi connectivity index (χ4n) is 2.24. The van der Waals surface area contributed by atoms with Gasteiger partial charge in [0.25, 0.3) is 0 Å². The molecule has 2 aromatic rings. The number of thiophene rings is 1. The van der Waals surface area contributed by atoms with Crippen molar-refractivity contribution in [1.82, 2.24) is 5.32 Å². The van der Waals surface area contributed by atoms with Crippen LogP contribution in [0.4, 0.5) is 0 Å². The lowest BCUT2D eigenvalue weighted by Gasteiger charge is -2.21. The summed E-state index contributed by atoms with van der Waals surface area (Å²) >= 11 is 7.59. The SMILES string of the molecule is CC(C)C(CNCc1ccc(Cl)s1)c1ccccc1. The molecular weight excluding hydrogens is 274 g/mol. The molecule has 0 bridgehead atoms. The van der Waals surface area contributed by atoms with Crippen LogP contribution in [0.3, 0.4) is 0 Å². The van der Waals surface area contributed by atoms with Gasteiger partial charge >= 0.3 is 0 Å². The number of benzene rings is 1. The van der Waals surface area contributed by atoms with E-state index in [0.717, 1.165) is 17.4 Å². The Balaban J connectivity index is 1.91. The van der Waals surface area contributed by atoms with Gasteiger partial charge in [-0.1, -0.05) is 55.8 Å². The first kappa shape index (κ1) is 14.6. The maximum atomic E-state index is 5.94. The molecule has 19 heavy (non-hydrogen) atoms. The molecule has 0 fully saturated rings. The summed E-state index contributed by atoms with van der Waals surface area (Å²) in [4.78, 5) is 1.29. The maximum absolute atomic E-state index is 5.94. The molecule has 0 aliphatic rings. The standard InChI is InChI=1S/C16H20ClNS/c1-12(2)15(13-6-4-3-5-7-13)11-18-10-14-8-9-16(17)19-14/h3-9,12,15,18H,10-11H2,1-2H3. The van der Waals surface area contributed by atoms with Crippen molar-refractivity contribution in [2.75, 3.05) is 6.54 Å². The van der Waals surface area contributed by atoms with Crippen LogP contribution in [-0.4, -0.2) is 6.54 Å². The smallest absolute Gasteiger partial charge is 0.0931 e. The van der Waals surface area contributed by atoms with E-state index in [1.165, 1.54) is 10.4 Å². The Labute approximate surface area is 124 Å². The van der Waals surface area contributed by atoms with Gasteiger partial charge in [-0.15, -0.1) is 11.3 Å². The molecule has 0 aliphatic carbocycles. The third kappa shape index (κ3) is 4.34. The molecule has 0 saturated carbocycles. The van der Waals surface area contributed by atoms with E-state index < -0.39 is 0 Å². The Morgan fingerprint density at radius 1 is 1.11 bits per heavy atom. The van der Waals surface area contributed by atoms with E-state index >= 15 is 0 Å². The van der Waals surface area contributed by atoms with Crippen molar-refractivity contribution in [1.29, 1.82) is 0 Å². The van der Waals surface area contributed by atoms with Gasteiger partial charge in [0.05, 0.1) is 4.34 Å². The summed E-state index contributed by atoms with van der Waals surface area (Å²) in [6.45, 7) is 6.45. The Bertz CT molecular complexity index is 492. The van der Waals surface area contributed by atoms with Crippen LogP contribution in [0, 0.1) is 5.92 Å². The summed E-state index contributed by atoms with van der Waals surface area (Å²) in [5.74, 6) is 1.18. The first-order valence-electron chi connectivity index (χ1n) is 6.66. The van der Waals surface area contributed by atoms with Crippen LogP contribution in [0.25, 0.3) is 0 Å². The number of hydrogen-bond acceptors (Lipinski definition) is 2. The molecule has 2 rings (SSSR count). The van der Waals surface area contributed by atoms with Gasteiger partial charge in [-0.2, -0.15) is 0 Å². The van der Waals surface area contributed by atoms with E-state index in [-0.39, 0.29) is 0 Å². The van der Waals surface area contributed by atoms with E-state index in [4.69, 9.17) is 11.6 Å². The largest absolute Gasteiger partial charge is 0.311 e. The number of hydrogen-bond donors (Lipinski definition) is 1. The molecule has 0 saturated heterocycles. The third-order valence-electron chi connectivity index (χ3n) is 3.32. The molecule has 1 unspecified atom stereocenters. The van der Waals surface area contributed by atoms with Gasteiger partial charge in [-0.05, 0) is 29.5 Å². The van der Waals surface area contributed by atoms with Crippen molar-refractivity contribution in [3.8, 4) is 0 Å². The van der Waals surface area contributed by atoms with E-state index in [0.29, 0.717) is 11.8 Å². The van der Waals surface area contributed by atoms with Crippen LogP contribution in [0.15, 0.2) is 42.5 Å². The molecule has 3 heteroatoms. The summed E-state index contributed by atoms with van der Waals surface area (Å²) in [5, 5.41) is 3.55. The topological polar surface area (TPSA) is 12.0 Å². The summed E-state index contributed by atoms with van der Waals surface area (Å²) in [5.41, 5.74) is 1.41. The molecule has 1 aromatic carbocycles. The van der Waals surface area contributed by atoms with Gasteiger partial charge in [0.2, 0.25) is 0 Å². The first-order valence-corrected chi connectivity index (χ1v) is 7.86. The van der Waals surface area contributed by atoms with Crippen molar-refractivity contribution in [2.24, 2.45) is 5.92 Å². The molecule has 102 valence electrons. The van der Waals surface area contributed by atoms with Crippen molar-refractivity contribution in [2.45, 2.75) is 26.3 Å². The predicted molar refractivity (Wildman–Crippen MR) is 85.1 cm³/mol. The van der Waals surface area contributed by atoms with Crippen molar-refractivity contribution in [3.05, 3.63) is 57.2 Å². The molecule has 0 radical (unpaired) electrons. The second-order valence-corrected chi connectivity index (χ2v) is 6.90. The van der Waals surface area contributed by atoms with E-state index in [2.05, 4.69) is 55.6 Å². The average Bonchev–Trinajstić information content (AvgIpc) is 2.81. The minimum atomic E-state index is 0.552. The van der Waals surface area contributed by atoms with Gasteiger partial charge in [-0.25, -0.2) is 0 Å². The van der Waals surface area contributed by atoms with Gasteiger partial charge in [0.15, 0.2) is 0 Å². The molecule has 1 N–H and O–H groups in total. The summed E-state index contributed by atoms with van der Waals surface area (Å²) < 4.78 is 0.861. The normalized spacial score (nSPS) is 12.8. The first-order chi connectivity index (χ1) is 9.16. The molecule has 0 spiro atoms. The Morgan fingerprint density at radius 3 is 2.42 bits per heavy atom. The van der Waals surface area contributed by atoms with E-state index in [9.17, 15) is 0 Å². The Kier molecular flexibility index (Phi) is 5.44. The number of nitrogens with one attached hydrogen (secondary N) is 1. The maximum Gasteiger partial charge on any atom is 0.0931 e. The molecule has 0 aliphatic heterocycles. The lowest BCUT2D eigenvalue weighted by atomic mass is 9.88. The number of halogens is 1. The predicted octanol–water partition coefficient (Wildman–Crippen LogP) is 4.93. The Hall–Kier alpha value is -0.830. The van der Waals surface area contributed by atoms with Gasteiger partial charge in [-0.3, -0.25) is 0 Å². The lowest BCUT2D eigenvalue weighted by molar-refractivity contribution is 0.462. The van der Waals surface area contributed by atoms with Crippen molar-refractivity contribution >= 4 is 22.9 Å². The zero-order valence-electron chi connectivity index (χ0n) is 11.4. The van der Waals surface area contributed by atoms with Crippen LogP contribution < -0.4 is 5.32 Å². The summed E-state index contributed by atoms with van der Waals surface area (Å²) in [6, 6.07) is 14.8. The lowest BCUT2D eigenvalue weighted by Crippen LogP contribution is -2.24. The summed E-state index contributed by atoms with van der Waals surface area (Å²) in [6.07, 6.45) is 0. The third-order valence-corrected chi connectivity index (χ3v) is 4.56. The van der Waals surface area contributed by atoms with Gasteiger partial charge in [0, 0.05) is 18.0 Å². The fourth-order valence-corrected chi connectivity index (χ4v) is 3.29. The zero-order valence-corrected chi connectivity index (χ0v) is 13.0. The monoisotopic (exact) mass is 293 g/mol. The highest BCUT2D eigenvalue weighted by atomic mass is 35.5. The molecule has 1 heterocycles. The van der Waals surface area contributed by atoms with Crippen LogP contribution in [0.1, 0.15) is 30.2 Å². The highest BCUT2D eigenvalue weighted by molar-refractivity contribution is 7.16. The minimum absolute atomic E-state index is 0.552.